The van der Waals surface area contributed by atoms with Crippen molar-refractivity contribution in [3.8, 4) is 5.75 Å². The number of pyridine rings is 1. The Morgan fingerprint density at radius 2 is 1.75 bits per heavy atom. The number of amides is 1. The fraction of sp³-hybridized carbons (Fsp3) is 0.185. The van der Waals surface area contributed by atoms with E-state index < -0.39 is 23.7 Å². The molecule has 0 spiro atoms. The number of methoxy groups -OCH3 is 1. The smallest absolute Gasteiger partial charge is 0.338 e. The van der Waals surface area contributed by atoms with Crippen LogP contribution in [0.3, 0.4) is 0 Å². The van der Waals surface area contributed by atoms with Crippen LogP contribution in [-0.4, -0.2) is 41.0 Å². The van der Waals surface area contributed by atoms with Crippen LogP contribution in [0.4, 0.5) is 5.69 Å². The van der Waals surface area contributed by atoms with Crippen molar-refractivity contribution < 1.29 is 29.0 Å². The summed E-state index contributed by atoms with van der Waals surface area (Å²) in [6.45, 7) is 3.50. The van der Waals surface area contributed by atoms with Gasteiger partial charge in [0.2, 0.25) is 0 Å². The van der Waals surface area contributed by atoms with E-state index in [1.54, 1.807) is 68.6 Å². The number of ether oxygens (including phenoxy) is 2. The quantitative estimate of drug-likeness (QED) is 0.198. The largest absolute Gasteiger partial charge is 0.507 e. The van der Waals surface area contributed by atoms with Crippen LogP contribution in [0, 0.1) is 0 Å². The normalized spacial score (nSPS) is 16.9. The first-order chi connectivity index (χ1) is 17.2. The van der Waals surface area contributed by atoms with E-state index in [1.807, 2.05) is 0 Å². The standard InChI is InChI=1S/C27H23BrN2O6/c1-15(2)36-27(34)16-7-10-18(11-8-16)30-23(20-6-4-5-13-29-20)22(25(32)26(30)33)24(31)17-9-12-21(35-3)19(28)14-17/h4-15,23,31H,1-3H3/b24-22-. The van der Waals surface area contributed by atoms with Crippen molar-refractivity contribution in [2.24, 2.45) is 0 Å². The van der Waals surface area contributed by atoms with Gasteiger partial charge in [-0.05, 0) is 84.4 Å². The molecule has 1 aromatic heterocycles. The monoisotopic (exact) mass is 550 g/mol. The molecule has 1 aliphatic rings. The van der Waals surface area contributed by atoms with Gasteiger partial charge in [-0.1, -0.05) is 6.07 Å². The number of aromatic nitrogens is 1. The minimum atomic E-state index is -0.986. The second kappa shape index (κ2) is 10.3. The van der Waals surface area contributed by atoms with E-state index in [2.05, 4.69) is 20.9 Å². The van der Waals surface area contributed by atoms with Gasteiger partial charge in [0, 0.05) is 17.4 Å². The molecule has 1 N–H and O–H groups in total. The minimum Gasteiger partial charge on any atom is -0.507 e. The average Bonchev–Trinajstić information content (AvgIpc) is 3.14. The van der Waals surface area contributed by atoms with Gasteiger partial charge in [0.25, 0.3) is 11.7 Å². The highest BCUT2D eigenvalue weighted by Gasteiger charge is 2.47. The number of benzene rings is 2. The van der Waals surface area contributed by atoms with Crippen LogP contribution in [0.15, 0.2) is 76.9 Å². The lowest BCUT2D eigenvalue weighted by molar-refractivity contribution is -0.132. The summed E-state index contributed by atoms with van der Waals surface area (Å²) in [7, 11) is 1.51. The Hall–Kier alpha value is -3.98. The molecule has 9 heteroatoms. The Kier molecular flexibility index (Phi) is 7.21. The van der Waals surface area contributed by atoms with Gasteiger partial charge >= 0.3 is 5.97 Å². The highest BCUT2D eigenvalue weighted by Crippen LogP contribution is 2.42. The molecule has 184 valence electrons. The number of esters is 1. The van der Waals surface area contributed by atoms with Crippen LogP contribution in [0.1, 0.15) is 41.5 Å². The zero-order valence-corrected chi connectivity index (χ0v) is 21.4. The number of carbonyl (C=O) groups excluding carboxylic acids is 3. The average molecular weight is 551 g/mol. The highest BCUT2D eigenvalue weighted by molar-refractivity contribution is 9.10. The van der Waals surface area contributed by atoms with Gasteiger partial charge < -0.3 is 14.6 Å². The maximum absolute atomic E-state index is 13.2. The third kappa shape index (κ3) is 4.74. The molecule has 1 amide bonds. The predicted molar refractivity (Wildman–Crippen MR) is 137 cm³/mol. The molecule has 3 aromatic rings. The Bertz CT molecular complexity index is 1350. The van der Waals surface area contributed by atoms with Crippen molar-refractivity contribution in [2.45, 2.75) is 26.0 Å². The number of rotatable bonds is 6. The summed E-state index contributed by atoms with van der Waals surface area (Å²) < 4.78 is 11.0. The Labute approximate surface area is 216 Å². The number of Topliss-reactive ketones (excluding diaryl/α,β-unsaturated/α-hetero) is 1. The molecule has 1 saturated heterocycles. The van der Waals surface area contributed by atoms with E-state index in [0.717, 1.165) is 0 Å². The van der Waals surface area contributed by atoms with Crippen molar-refractivity contribution in [2.75, 3.05) is 12.0 Å². The van der Waals surface area contributed by atoms with Crippen LogP contribution in [0.25, 0.3) is 5.76 Å². The molecule has 2 heterocycles. The maximum Gasteiger partial charge on any atom is 0.338 e. The van der Waals surface area contributed by atoms with Crippen molar-refractivity contribution in [3.63, 3.8) is 0 Å². The van der Waals surface area contributed by atoms with Gasteiger partial charge in [0.15, 0.2) is 0 Å². The van der Waals surface area contributed by atoms with Crippen LogP contribution in [0.5, 0.6) is 5.75 Å². The van der Waals surface area contributed by atoms with E-state index in [-0.39, 0.29) is 17.4 Å². The minimum absolute atomic E-state index is 0.0981. The van der Waals surface area contributed by atoms with Crippen LogP contribution >= 0.6 is 15.9 Å². The molecular weight excluding hydrogens is 528 g/mol. The lowest BCUT2D eigenvalue weighted by Gasteiger charge is -2.24. The van der Waals surface area contributed by atoms with Crippen LogP contribution in [0.2, 0.25) is 0 Å². The van der Waals surface area contributed by atoms with Gasteiger partial charge in [-0.3, -0.25) is 19.5 Å². The first kappa shape index (κ1) is 25.1. The number of nitrogens with zero attached hydrogens (tertiary/aromatic N) is 2. The summed E-state index contributed by atoms with van der Waals surface area (Å²) in [6.07, 6.45) is 1.27. The Morgan fingerprint density at radius 3 is 2.33 bits per heavy atom. The molecular formula is C27H23BrN2O6. The fourth-order valence-electron chi connectivity index (χ4n) is 3.93. The molecule has 1 fully saturated rings. The molecule has 0 aliphatic carbocycles. The summed E-state index contributed by atoms with van der Waals surface area (Å²) in [5.74, 6) is -1.96. The lowest BCUT2D eigenvalue weighted by atomic mass is 9.98. The molecule has 36 heavy (non-hydrogen) atoms. The number of halogens is 1. The summed E-state index contributed by atoms with van der Waals surface area (Å²) in [5, 5.41) is 11.2. The van der Waals surface area contributed by atoms with E-state index in [0.29, 0.717) is 32.7 Å². The zero-order valence-electron chi connectivity index (χ0n) is 19.8. The molecule has 0 saturated carbocycles. The number of hydrogen-bond acceptors (Lipinski definition) is 7. The first-order valence-corrected chi connectivity index (χ1v) is 11.9. The summed E-state index contributed by atoms with van der Waals surface area (Å²) in [5.41, 5.74) is 1.30. The SMILES string of the molecule is COc1ccc(/C(O)=C2/C(=O)C(=O)N(c3ccc(C(=O)OC(C)C)cc3)C2c2ccccn2)cc1Br. The highest BCUT2D eigenvalue weighted by atomic mass is 79.9. The third-order valence-electron chi connectivity index (χ3n) is 5.56. The van der Waals surface area contributed by atoms with Crippen LogP contribution in [-0.2, 0) is 14.3 Å². The molecule has 8 nitrogen and oxygen atoms in total. The van der Waals surface area contributed by atoms with E-state index in [4.69, 9.17) is 9.47 Å². The third-order valence-corrected chi connectivity index (χ3v) is 6.18. The van der Waals surface area contributed by atoms with Crippen molar-refractivity contribution >= 4 is 45.0 Å². The van der Waals surface area contributed by atoms with Crippen LogP contribution < -0.4 is 9.64 Å². The zero-order chi connectivity index (χ0) is 26.0. The lowest BCUT2D eigenvalue weighted by Crippen LogP contribution is -2.29. The number of aliphatic hydroxyl groups excluding tert-OH is 1. The van der Waals surface area contributed by atoms with Crippen molar-refractivity contribution in [1.82, 2.24) is 4.98 Å². The molecule has 2 aromatic carbocycles. The second-order valence-corrected chi connectivity index (χ2v) is 9.13. The second-order valence-electron chi connectivity index (χ2n) is 8.27. The number of carbonyl (C=O) groups is 3. The predicted octanol–water partition coefficient (Wildman–Crippen LogP) is 5.04. The summed E-state index contributed by atoms with van der Waals surface area (Å²) in [4.78, 5) is 44.4. The topological polar surface area (TPSA) is 106 Å². The number of ketones is 1. The van der Waals surface area contributed by atoms with Gasteiger partial charge in [0.05, 0.1) is 34.5 Å². The Balaban J connectivity index is 1.83. The molecule has 1 unspecified atom stereocenters. The fourth-order valence-corrected chi connectivity index (χ4v) is 4.47. The molecule has 4 rings (SSSR count). The summed E-state index contributed by atoms with van der Waals surface area (Å²) >= 11 is 3.38. The molecule has 0 bridgehead atoms. The van der Waals surface area contributed by atoms with E-state index in [1.165, 1.54) is 24.1 Å². The Morgan fingerprint density at radius 1 is 1.06 bits per heavy atom. The first-order valence-electron chi connectivity index (χ1n) is 11.1. The maximum atomic E-state index is 13.2. The molecule has 0 radical (unpaired) electrons. The molecule has 1 atom stereocenters. The number of aliphatic hydroxyl groups is 1. The number of hydrogen-bond donors (Lipinski definition) is 1. The van der Waals surface area contributed by atoms with Gasteiger partial charge in [-0.15, -0.1) is 0 Å². The summed E-state index contributed by atoms with van der Waals surface area (Å²) in [6, 6.07) is 15.1. The van der Waals surface area contributed by atoms with Crippen molar-refractivity contribution in [1.29, 1.82) is 0 Å². The van der Waals surface area contributed by atoms with Gasteiger partial charge in [-0.25, -0.2) is 4.79 Å². The van der Waals surface area contributed by atoms with E-state index in [9.17, 15) is 19.5 Å². The van der Waals surface area contributed by atoms with E-state index >= 15 is 0 Å². The molecule has 1 aliphatic heterocycles. The van der Waals surface area contributed by atoms with Crippen molar-refractivity contribution in [3.05, 3.63) is 93.7 Å². The number of anilines is 1. The van der Waals surface area contributed by atoms with Gasteiger partial charge in [0.1, 0.15) is 17.6 Å². The van der Waals surface area contributed by atoms with Gasteiger partial charge in [-0.2, -0.15) is 0 Å².